The number of benzene rings is 8. The highest BCUT2D eigenvalue weighted by molar-refractivity contribution is 6.17. The van der Waals surface area contributed by atoms with Crippen LogP contribution in [0.15, 0.2) is 158 Å². The van der Waals surface area contributed by atoms with Crippen LogP contribution >= 0.6 is 0 Å². The first kappa shape index (κ1) is 15.4. The van der Waals surface area contributed by atoms with Crippen LogP contribution in [0.5, 0.6) is 0 Å². The van der Waals surface area contributed by atoms with Gasteiger partial charge >= 0.3 is 0 Å². The Morgan fingerprint density at radius 2 is 1.05 bits per heavy atom. The fourth-order valence-electron chi connectivity index (χ4n) is 5.72. The number of rotatable bonds is 3. The maximum atomic E-state index is 9.06. The van der Waals surface area contributed by atoms with Crippen LogP contribution in [0.4, 0.5) is 0 Å². The molecule has 0 aliphatic rings. The van der Waals surface area contributed by atoms with Crippen molar-refractivity contribution in [1.29, 1.82) is 0 Å². The van der Waals surface area contributed by atoms with Gasteiger partial charge in [0.05, 0.1) is 12.3 Å². The predicted molar refractivity (Wildman–Crippen MR) is 173 cm³/mol. The average molecular weight is 516 g/mol. The molecule has 0 aliphatic carbocycles. The molecule has 0 saturated heterocycles. The van der Waals surface area contributed by atoms with E-state index in [1.807, 2.05) is 60.7 Å². The third-order valence-corrected chi connectivity index (χ3v) is 7.55. The highest BCUT2D eigenvalue weighted by atomic mass is 14.2. The average Bonchev–Trinajstić information content (AvgIpc) is 3.13. The zero-order valence-electron chi connectivity index (χ0n) is 30.3. The third kappa shape index (κ3) is 3.69. The van der Waals surface area contributed by atoms with Crippen LogP contribution in [-0.2, 0) is 0 Å². The molecule has 8 aromatic carbocycles. The summed E-state index contributed by atoms with van der Waals surface area (Å²) in [6, 6.07) is 30.4. The molecule has 0 nitrogen and oxygen atoms in total. The Kier molecular flexibility index (Phi) is 3.55. The van der Waals surface area contributed by atoms with Crippen LogP contribution in [0, 0.1) is 0 Å². The molecular formula is C40H26. The van der Waals surface area contributed by atoms with Crippen molar-refractivity contribution in [2.75, 3.05) is 0 Å². The Morgan fingerprint density at radius 1 is 0.375 bits per heavy atom. The highest BCUT2D eigenvalue weighted by Gasteiger charge is 2.14. The summed E-state index contributed by atoms with van der Waals surface area (Å²) in [4.78, 5) is 0. The largest absolute Gasteiger partial charge is 0.0636 e. The van der Waals surface area contributed by atoms with E-state index >= 15 is 0 Å². The lowest BCUT2D eigenvalue weighted by molar-refractivity contribution is 1.61. The van der Waals surface area contributed by atoms with E-state index in [1.54, 1.807) is 0 Å². The van der Waals surface area contributed by atoms with E-state index in [-0.39, 0.29) is 45.2 Å². The number of hydrogen-bond acceptors (Lipinski definition) is 0. The van der Waals surface area contributed by atoms with Gasteiger partial charge in [-0.25, -0.2) is 0 Å². The van der Waals surface area contributed by atoms with E-state index in [0.29, 0.717) is 5.56 Å². The molecule has 8 aromatic rings. The maximum Gasteiger partial charge on any atom is 0.0636 e. The molecule has 0 radical (unpaired) electrons. The maximum absolute atomic E-state index is 9.06. The van der Waals surface area contributed by atoms with Crippen molar-refractivity contribution in [2.24, 2.45) is 0 Å². The lowest BCUT2D eigenvalue weighted by Crippen LogP contribution is -1.89. The predicted octanol–water partition coefficient (Wildman–Crippen LogP) is 11.3. The van der Waals surface area contributed by atoms with Crippen molar-refractivity contribution >= 4 is 43.1 Å². The van der Waals surface area contributed by atoms with E-state index < -0.39 is 36.3 Å². The van der Waals surface area contributed by atoms with Gasteiger partial charge in [0, 0.05) is 0 Å². The van der Waals surface area contributed by atoms with E-state index in [4.69, 9.17) is 12.3 Å². The Labute approximate surface area is 246 Å². The Bertz CT molecular complexity index is 2620. The van der Waals surface area contributed by atoms with Gasteiger partial charge in [0.25, 0.3) is 0 Å². The van der Waals surface area contributed by atoms with Crippen molar-refractivity contribution in [1.82, 2.24) is 0 Å². The summed E-state index contributed by atoms with van der Waals surface area (Å²) in [6.45, 7) is 0. The normalized spacial score (nSPS) is 14.7. The van der Waals surface area contributed by atoms with Crippen LogP contribution in [0.25, 0.3) is 76.5 Å². The zero-order valence-corrected chi connectivity index (χ0v) is 21.3. The van der Waals surface area contributed by atoms with Crippen LogP contribution in [0.3, 0.4) is 0 Å². The van der Waals surface area contributed by atoms with Gasteiger partial charge < -0.3 is 0 Å². The molecule has 186 valence electrons. The van der Waals surface area contributed by atoms with E-state index in [9.17, 15) is 0 Å². The standard InChI is InChI=1S/C40H26/c1-2-11-27(12-3-1)28-16-10-17-31(23-28)38-25-32-15-4-7-18-34(32)37-22-21-33(26-39(37)38)40-35-19-8-5-13-29(35)24-30-14-6-9-20-36(30)40/h1-26H/i5D,6D,8D,9D,13D,14D,19D,20D,24D. The van der Waals surface area contributed by atoms with Gasteiger partial charge in [-0.1, -0.05) is 133 Å². The summed E-state index contributed by atoms with van der Waals surface area (Å²) in [5, 5.41) is 3.78. The molecular weight excluding hydrogens is 480 g/mol. The SMILES string of the molecule is [2H]c1c([2H])c([2H])c2c(-c3ccc4c(c3)c(-c3cccc(-c5ccccc5)c3)cc3ccccc34)c3c([2H])c([2H])c([2H])c([2H])c3c([2H])c2c1[2H]. The first-order valence-corrected chi connectivity index (χ1v) is 13.1. The Balaban J connectivity index is 1.55. The summed E-state index contributed by atoms with van der Waals surface area (Å²) in [7, 11) is 0. The molecule has 0 bridgehead atoms. The van der Waals surface area contributed by atoms with Crippen LogP contribution in [0.2, 0.25) is 0 Å². The first-order chi connectivity index (χ1) is 23.6. The minimum absolute atomic E-state index is 0.0429. The Morgan fingerprint density at radius 3 is 1.85 bits per heavy atom. The molecule has 0 aliphatic heterocycles. The molecule has 0 fully saturated rings. The van der Waals surface area contributed by atoms with E-state index in [2.05, 4.69) is 42.5 Å². The molecule has 40 heavy (non-hydrogen) atoms. The van der Waals surface area contributed by atoms with E-state index in [0.717, 1.165) is 43.8 Å². The molecule has 0 heteroatoms. The quantitative estimate of drug-likeness (QED) is 0.162. The minimum atomic E-state index is -0.511. The van der Waals surface area contributed by atoms with Gasteiger partial charge in [-0.2, -0.15) is 0 Å². The van der Waals surface area contributed by atoms with Gasteiger partial charge in [0.1, 0.15) is 0 Å². The summed E-state index contributed by atoms with van der Waals surface area (Å²) in [6.07, 6.45) is 0. The summed E-state index contributed by atoms with van der Waals surface area (Å²) >= 11 is 0. The Hall–Kier alpha value is -5.20. The molecule has 0 heterocycles. The summed E-state index contributed by atoms with van der Waals surface area (Å²) < 4.78 is 78.4. The van der Waals surface area contributed by atoms with E-state index in [1.165, 1.54) is 0 Å². The lowest BCUT2D eigenvalue weighted by atomic mass is 9.87. The second kappa shape index (κ2) is 9.22. The fraction of sp³-hybridized carbons (Fsp3) is 0. The lowest BCUT2D eigenvalue weighted by Gasteiger charge is -2.16. The van der Waals surface area contributed by atoms with Crippen molar-refractivity contribution in [2.45, 2.75) is 0 Å². The fourth-order valence-corrected chi connectivity index (χ4v) is 5.72. The van der Waals surface area contributed by atoms with Crippen LogP contribution in [0.1, 0.15) is 12.3 Å². The van der Waals surface area contributed by atoms with Gasteiger partial charge in [-0.05, 0) is 101 Å². The van der Waals surface area contributed by atoms with Crippen molar-refractivity contribution in [3.05, 3.63) is 158 Å². The molecule has 0 aromatic heterocycles. The molecule has 0 spiro atoms. The third-order valence-electron chi connectivity index (χ3n) is 7.55. The van der Waals surface area contributed by atoms with Crippen molar-refractivity contribution in [3.8, 4) is 33.4 Å². The molecule has 0 N–H and O–H groups in total. The summed E-state index contributed by atoms with van der Waals surface area (Å²) in [5.41, 5.74) is 4.77. The van der Waals surface area contributed by atoms with Gasteiger partial charge in [-0.3, -0.25) is 0 Å². The van der Waals surface area contributed by atoms with Crippen molar-refractivity contribution in [3.63, 3.8) is 0 Å². The number of fused-ring (bicyclic) bond motifs is 5. The number of hydrogen-bond donors (Lipinski definition) is 0. The zero-order chi connectivity index (χ0) is 34.3. The van der Waals surface area contributed by atoms with Gasteiger partial charge in [0.2, 0.25) is 0 Å². The van der Waals surface area contributed by atoms with Gasteiger partial charge in [-0.15, -0.1) is 0 Å². The van der Waals surface area contributed by atoms with Crippen LogP contribution < -0.4 is 0 Å². The minimum Gasteiger partial charge on any atom is -0.0622 e. The molecule has 0 atom stereocenters. The molecule has 0 amide bonds. The topological polar surface area (TPSA) is 0 Å². The molecule has 0 saturated carbocycles. The second-order valence-electron chi connectivity index (χ2n) is 9.85. The smallest absolute Gasteiger partial charge is 0.0622 e. The second-order valence-corrected chi connectivity index (χ2v) is 9.85. The molecule has 8 rings (SSSR count). The monoisotopic (exact) mass is 515 g/mol. The molecule has 0 unspecified atom stereocenters. The van der Waals surface area contributed by atoms with Crippen molar-refractivity contribution < 1.29 is 12.3 Å². The highest BCUT2D eigenvalue weighted by Crippen LogP contribution is 2.41. The van der Waals surface area contributed by atoms with Gasteiger partial charge in [0.15, 0.2) is 0 Å². The summed E-state index contributed by atoms with van der Waals surface area (Å²) in [5.74, 6) is 0. The first-order valence-electron chi connectivity index (χ1n) is 17.6. The van der Waals surface area contributed by atoms with Crippen LogP contribution in [-0.4, -0.2) is 0 Å².